The summed E-state index contributed by atoms with van der Waals surface area (Å²) in [5.41, 5.74) is 1.34. The molecule has 114 valence electrons. The molecule has 0 atom stereocenters. The zero-order valence-corrected chi connectivity index (χ0v) is 12.4. The van der Waals surface area contributed by atoms with E-state index in [1.807, 2.05) is 13.1 Å². The van der Waals surface area contributed by atoms with Crippen molar-refractivity contribution in [1.29, 1.82) is 0 Å². The molecule has 1 aliphatic heterocycles. The van der Waals surface area contributed by atoms with Gasteiger partial charge in [-0.3, -0.25) is 4.90 Å². The molecule has 21 heavy (non-hydrogen) atoms. The molecule has 1 aromatic rings. The number of aliphatic hydroxyl groups excluding tert-OH is 1. The van der Waals surface area contributed by atoms with E-state index in [9.17, 15) is 4.39 Å². The van der Waals surface area contributed by atoms with Gasteiger partial charge in [-0.25, -0.2) is 4.39 Å². The Morgan fingerprint density at radius 2 is 2.14 bits per heavy atom. The molecule has 1 aliphatic rings. The van der Waals surface area contributed by atoms with Crippen molar-refractivity contribution in [3.8, 4) is 11.8 Å². The third-order valence-corrected chi connectivity index (χ3v) is 3.76. The average molecular weight is 291 g/mol. The second kappa shape index (κ2) is 8.14. The molecule has 1 heterocycles. The Bertz CT molecular complexity index is 515. The standard InChI is InChI=1S/C17H22FNO2/c1-19(16-7-10-21-11-8-16)13-15-6-5-14(12-17(15)18)4-2-3-9-20/h5-6,12,16,20H,3,7-11,13H2,1H3. The molecule has 0 spiro atoms. The summed E-state index contributed by atoms with van der Waals surface area (Å²) < 4.78 is 19.5. The Kier molecular flexibility index (Phi) is 6.19. The largest absolute Gasteiger partial charge is 0.395 e. The summed E-state index contributed by atoms with van der Waals surface area (Å²) in [5.74, 6) is 5.43. The van der Waals surface area contributed by atoms with Crippen LogP contribution in [0.1, 0.15) is 30.4 Å². The van der Waals surface area contributed by atoms with Crippen LogP contribution in [0.2, 0.25) is 0 Å². The third-order valence-electron chi connectivity index (χ3n) is 3.76. The summed E-state index contributed by atoms with van der Waals surface area (Å²) >= 11 is 0. The van der Waals surface area contributed by atoms with Crippen LogP contribution in [0.3, 0.4) is 0 Å². The van der Waals surface area contributed by atoms with Crippen molar-refractivity contribution < 1.29 is 14.2 Å². The van der Waals surface area contributed by atoms with Crippen molar-refractivity contribution in [3.05, 3.63) is 35.1 Å². The fourth-order valence-electron chi connectivity index (χ4n) is 2.50. The number of hydrogen-bond acceptors (Lipinski definition) is 3. The van der Waals surface area contributed by atoms with Gasteiger partial charge in [-0.15, -0.1) is 0 Å². The van der Waals surface area contributed by atoms with E-state index in [1.165, 1.54) is 6.07 Å². The minimum atomic E-state index is -0.218. The van der Waals surface area contributed by atoms with Crippen LogP contribution in [-0.2, 0) is 11.3 Å². The molecule has 4 heteroatoms. The number of benzene rings is 1. The number of ether oxygens (including phenoxy) is 1. The summed E-state index contributed by atoms with van der Waals surface area (Å²) in [7, 11) is 2.03. The molecule has 0 aliphatic carbocycles. The highest BCUT2D eigenvalue weighted by Crippen LogP contribution is 2.18. The van der Waals surface area contributed by atoms with Gasteiger partial charge in [0.2, 0.25) is 0 Å². The first kappa shape index (κ1) is 16.0. The quantitative estimate of drug-likeness (QED) is 0.863. The minimum absolute atomic E-state index is 0.0312. The Morgan fingerprint density at radius 1 is 1.38 bits per heavy atom. The molecule has 0 amide bonds. The molecule has 3 nitrogen and oxygen atoms in total. The van der Waals surface area contributed by atoms with Crippen molar-refractivity contribution in [2.75, 3.05) is 26.9 Å². The van der Waals surface area contributed by atoms with Crippen molar-refractivity contribution in [2.45, 2.75) is 31.8 Å². The Labute approximate surface area is 125 Å². The zero-order valence-electron chi connectivity index (χ0n) is 12.4. The topological polar surface area (TPSA) is 32.7 Å². The van der Waals surface area contributed by atoms with Crippen LogP contribution in [0, 0.1) is 17.7 Å². The van der Waals surface area contributed by atoms with Crippen molar-refractivity contribution in [1.82, 2.24) is 4.90 Å². The first-order valence-electron chi connectivity index (χ1n) is 7.37. The number of hydrogen-bond donors (Lipinski definition) is 1. The van der Waals surface area contributed by atoms with Gasteiger partial charge in [0.15, 0.2) is 0 Å². The van der Waals surface area contributed by atoms with E-state index in [1.54, 1.807) is 6.07 Å². The fraction of sp³-hybridized carbons (Fsp3) is 0.529. The van der Waals surface area contributed by atoms with Crippen LogP contribution in [0.15, 0.2) is 18.2 Å². The summed E-state index contributed by atoms with van der Waals surface area (Å²) in [6.07, 6.45) is 2.42. The van der Waals surface area contributed by atoms with Crippen LogP contribution in [0.25, 0.3) is 0 Å². The van der Waals surface area contributed by atoms with Crippen LogP contribution in [-0.4, -0.2) is 42.9 Å². The van der Waals surface area contributed by atoms with Gasteiger partial charge >= 0.3 is 0 Å². The molecule has 0 aromatic heterocycles. The van der Waals surface area contributed by atoms with Crippen LogP contribution in [0.5, 0.6) is 0 Å². The van der Waals surface area contributed by atoms with Gasteiger partial charge in [0, 0.05) is 43.3 Å². The Hall–Kier alpha value is -1.41. The second-order valence-corrected chi connectivity index (χ2v) is 5.34. The SMILES string of the molecule is CN(Cc1ccc(C#CCCO)cc1F)C1CCOCC1. The minimum Gasteiger partial charge on any atom is -0.395 e. The molecule has 0 bridgehead atoms. The summed E-state index contributed by atoms with van der Waals surface area (Å²) in [5, 5.41) is 8.67. The third kappa shape index (κ3) is 4.82. The van der Waals surface area contributed by atoms with Crippen LogP contribution >= 0.6 is 0 Å². The van der Waals surface area contributed by atoms with Gasteiger partial charge in [0.1, 0.15) is 5.82 Å². The molecule has 1 saturated heterocycles. The number of nitrogens with zero attached hydrogens (tertiary/aromatic N) is 1. The normalized spacial score (nSPS) is 15.8. The van der Waals surface area contributed by atoms with Gasteiger partial charge in [-0.05, 0) is 32.0 Å². The lowest BCUT2D eigenvalue weighted by molar-refractivity contribution is 0.0404. The maximum absolute atomic E-state index is 14.1. The predicted octanol–water partition coefficient (Wildman–Crippen LogP) is 2.17. The van der Waals surface area contributed by atoms with E-state index >= 15 is 0 Å². The summed E-state index contributed by atoms with van der Waals surface area (Å²) in [6.45, 7) is 2.21. The number of aliphatic hydroxyl groups is 1. The van der Waals surface area contributed by atoms with E-state index in [0.717, 1.165) is 26.1 Å². The lowest BCUT2D eigenvalue weighted by Gasteiger charge is -2.31. The zero-order chi connectivity index (χ0) is 15.1. The first-order valence-corrected chi connectivity index (χ1v) is 7.37. The van der Waals surface area contributed by atoms with E-state index in [0.29, 0.717) is 30.1 Å². The maximum atomic E-state index is 14.1. The lowest BCUT2D eigenvalue weighted by atomic mass is 10.1. The monoisotopic (exact) mass is 291 g/mol. The van der Waals surface area contributed by atoms with Gasteiger partial charge < -0.3 is 9.84 Å². The van der Waals surface area contributed by atoms with Gasteiger partial charge in [0.25, 0.3) is 0 Å². The molecule has 0 saturated carbocycles. The van der Waals surface area contributed by atoms with Crippen LogP contribution in [0.4, 0.5) is 4.39 Å². The van der Waals surface area contributed by atoms with Crippen LogP contribution < -0.4 is 0 Å². The lowest BCUT2D eigenvalue weighted by Crippen LogP contribution is -2.36. The Morgan fingerprint density at radius 3 is 2.81 bits per heavy atom. The molecule has 2 rings (SSSR count). The molecular weight excluding hydrogens is 269 g/mol. The van der Waals surface area contributed by atoms with Gasteiger partial charge in [0.05, 0.1) is 6.61 Å². The van der Waals surface area contributed by atoms with E-state index in [2.05, 4.69) is 16.7 Å². The van der Waals surface area contributed by atoms with Crippen molar-refractivity contribution >= 4 is 0 Å². The maximum Gasteiger partial charge on any atom is 0.128 e. The van der Waals surface area contributed by atoms with Crippen molar-refractivity contribution in [3.63, 3.8) is 0 Å². The highest BCUT2D eigenvalue weighted by Gasteiger charge is 2.19. The molecular formula is C17H22FNO2. The van der Waals surface area contributed by atoms with E-state index in [4.69, 9.17) is 9.84 Å². The number of rotatable bonds is 4. The molecule has 0 radical (unpaired) electrons. The molecule has 1 N–H and O–H groups in total. The smallest absolute Gasteiger partial charge is 0.128 e. The van der Waals surface area contributed by atoms with E-state index < -0.39 is 0 Å². The Balaban J connectivity index is 1.98. The molecule has 1 aromatic carbocycles. The fourth-order valence-corrected chi connectivity index (χ4v) is 2.50. The summed E-state index contributed by atoms with van der Waals surface area (Å²) in [4.78, 5) is 2.19. The number of halogens is 1. The molecule has 0 unspecified atom stereocenters. The first-order chi connectivity index (χ1) is 10.2. The van der Waals surface area contributed by atoms with Gasteiger partial charge in [-0.1, -0.05) is 17.9 Å². The summed E-state index contributed by atoms with van der Waals surface area (Å²) in [6, 6.07) is 5.56. The van der Waals surface area contributed by atoms with Crippen molar-refractivity contribution in [2.24, 2.45) is 0 Å². The highest BCUT2D eigenvalue weighted by atomic mass is 19.1. The van der Waals surface area contributed by atoms with E-state index in [-0.39, 0.29) is 12.4 Å². The van der Waals surface area contributed by atoms with Gasteiger partial charge in [-0.2, -0.15) is 0 Å². The second-order valence-electron chi connectivity index (χ2n) is 5.34. The molecule has 1 fully saturated rings. The average Bonchev–Trinajstić information content (AvgIpc) is 2.51. The predicted molar refractivity (Wildman–Crippen MR) is 80.3 cm³/mol. The highest BCUT2D eigenvalue weighted by molar-refractivity contribution is 5.37.